The predicted octanol–water partition coefficient (Wildman–Crippen LogP) is 3.69. The van der Waals surface area contributed by atoms with E-state index in [0.717, 1.165) is 11.3 Å². The lowest BCUT2D eigenvalue weighted by Gasteiger charge is -2.07. The third-order valence-electron chi connectivity index (χ3n) is 2.98. The number of carbonyl (C=O) groups excluding carboxylic acids is 1. The Morgan fingerprint density at radius 2 is 1.95 bits per heavy atom. The number of hydrogen-bond donors (Lipinski definition) is 2. The number of hydrogen-bond acceptors (Lipinski definition) is 3. The van der Waals surface area contributed by atoms with Crippen molar-refractivity contribution in [2.45, 2.75) is 13.0 Å². The minimum atomic E-state index is -0.545. The van der Waals surface area contributed by atoms with Crippen LogP contribution in [0.1, 0.15) is 28.9 Å². The largest absolute Gasteiger partial charge is 0.389 e. The molecule has 0 aromatic heterocycles. The van der Waals surface area contributed by atoms with Gasteiger partial charge in [-0.15, -0.1) is 0 Å². The molecule has 2 aromatic rings. The predicted molar refractivity (Wildman–Crippen MR) is 80.6 cm³/mol. The maximum absolute atomic E-state index is 12.8. The van der Waals surface area contributed by atoms with E-state index in [0.29, 0.717) is 5.56 Å². The van der Waals surface area contributed by atoms with Gasteiger partial charge in [0.05, 0.1) is 6.10 Å². The highest BCUT2D eigenvalue weighted by atomic mass is 19.1. The first kappa shape index (κ1) is 14.9. The third-order valence-corrected chi connectivity index (χ3v) is 2.98. The summed E-state index contributed by atoms with van der Waals surface area (Å²) in [7, 11) is 0. The average molecular weight is 285 g/mol. The summed E-state index contributed by atoms with van der Waals surface area (Å²) >= 11 is 0. The van der Waals surface area contributed by atoms with Crippen LogP contribution in [0.2, 0.25) is 0 Å². The summed E-state index contributed by atoms with van der Waals surface area (Å²) in [5.41, 5.74) is 1.99. The lowest BCUT2D eigenvalue weighted by atomic mass is 10.1. The molecule has 2 rings (SSSR count). The molecule has 0 radical (unpaired) electrons. The van der Waals surface area contributed by atoms with Crippen LogP contribution in [0.5, 0.6) is 0 Å². The molecule has 0 saturated heterocycles. The molecular weight excluding hydrogens is 269 g/mol. The van der Waals surface area contributed by atoms with Gasteiger partial charge in [-0.2, -0.15) is 0 Å². The van der Waals surface area contributed by atoms with Crippen LogP contribution in [0.4, 0.5) is 10.1 Å². The van der Waals surface area contributed by atoms with Gasteiger partial charge in [0.2, 0.25) is 0 Å². The highest BCUT2D eigenvalue weighted by molar-refractivity contribution is 6.04. The van der Waals surface area contributed by atoms with Crippen molar-refractivity contribution in [1.29, 1.82) is 0 Å². The SMILES string of the molecule is C[C@H](O)c1cccc(N/C=C/C(=O)c2ccc(F)cc2)c1. The Morgan fingerprint density at radius 1 is 1.24 bits per heavy atom. The quantitative estimate of drug-likeness (QED) is 0.650. The Labute approximate surface area is 122 Å². The van der Waals surface area contributed by atoms with Gasteiger partial charge in [-0.3, -0.25) is 4.79 Å². The van der Waals surface area contributed by atoms with Gasteiger partial charge in [-0.25, -0.2) is 4.39 Å². The van der Waals surface area contributed by atoms with E-state index in [1.54, 1.807) is 13.0 Å². The normalized spacial score (nSPS) is 12.3. The summed E-state index contributed by atoms with van der Waals surface area (Å²) in [6, 6.07) is 12.7. The third kappa shape index (κ3) is 4.26. The number of aliphatic hydroxyl groups is 1. The molecule has 0 aliphatic carbocycles. The minimum absolute atomic E-state index is 0.214. The molecule has 0 saturated carbocycles. The number of aliphatic hydroxyl groups excluding tert-OH is 1. The van der Waals surface area contributed by atoms with E-state index < -0.39 is 6.10 Å². The molecule has 0 unspecified atom stereocenters. The standard InChI is InChI=1S/C17H16FNO2/c1-12(20)14-3-2-4-16(11-14)19-10-9-17(21)13-5-7-15(18)8-6-13/h2-12,19-20H,1H3/b10-9+/t12-/m0/s1. The van der Waals surface area contributed by atoms with Crippen molar-refractivity contribution in [3.8, 4) is 0 Å². The monoisotopic (exact) mass is 285 g/mol. The van der Waals surface area contributed by atoms with Gasteiger partial charge >= 0.3 is 0 Å². The Kier molecular flexibility index (Phi) is 4.85. The molecule has 0 aliphatic heterocycles. The lowest BCUT2D eigenvalue weighted by Crippen LogP contribution is -1.97. The topological polar surface area (TPSA) is 49.3 Å². The van der Waals surface area contributed by atoms with Gasteiger partial charge in [-0.1, -0.05) is 12.1 Å². The Balaban J connectivity index is 2.00. The molecule has 108 valence electrons. The first-order chi connectivity index (χ1) is 10.1. The molecule has 0 fully saturated rings. The van der Waals surface area contributed by atoms with Crippen molar-refractivity contribution in [2.75, 3.05) is 5.32 Å². The second kappa shape index (κ2) is 6.81. The summed E-state index contributed by atoms with van der Waals surface area (Å²) in [5, 5.41) is 12.5. The molecule has 0 spiro atoms. The fourth-order valence-corrected chi connectivity index (χ4v) is 1.81. The van der Waals surface area contributed by atoms with Gasteiger partial charge in [0.1, 0.15) is 5.82 Å². The van der Waals surface area contributed by atoms with E-state index in [4.69, 9.17) is 0 Å². The molecule has 2 N–H and O–H groups in total. The van der Waals surface area contributed by atoms with Crippen LogP contribution in [0.3, 0.4) is 0 Å². The van der Waals surface area contributed by atoms with Gasteiger partial charge in [0, 0.05) is 23.5 Å². The highest BCUT2D eigenvalue weighted by Gasteiger charge is 2.02. The minimum Gasteiger partial charge on any atom is -0.389 e. The van der Waals surface area contributed by atoms with Crippen molar-refractivity contribution in [3.63, 3.8) is 0 Å². The number of allylic oxidation sites excluding steroid dienone is 1. The van der Waals surface area contributed by atoms with E-state index in [1.165, 1.54) is 36.5 Å². The number of anilines is 1. The van der Waals surface area contributed by atoms with Crippen LogP contribution in [-0.4, -0.2) is 10.9 Å². The van der Waals surface area contributed by atoms with Gasteiger partial charge < -0.3 is 10.4 Å². The molecule has 21 heavy (non-hydrogen) atoms. The first-order valence-electron chi connectivity index (χ1n) is 6.57. The second-order valence-electron chi connectivity index (χ2n) is 4.65. The molecule has 0 bridgehead atoms. The van der Waals surface area contributed by atoms with E-state index in [-0.39, 0.29) is 11.6 Å². The number of rotatable bonds is 5. The Bertz CT molecular complexity index is 648. The summed E-state index contributed by atoms with van der Waals surface area (Å²) in [4.78, 5) is 11.8. The average Bonchev–Trinajstić information content (AvgIpc) is 2.48. The van der Waals surface area contributed by atoms with Gasteiger partial charge in [0.25, 0.3) is 0 Å². The Hall–Kier alpha value is -2.46. The number of nitrogens with one attached hydrogen (secondary N) is 1. The summed E-state index contributed by atoms with van der Waals surface area (Å²) in [6.07, 6.45) is 2.35. The molecule has 0 amide bonds. The van der Waals surface area contributed by atoms with Crippen molar-refractivity contribution >= 4 is 11.5 Å². The van der Waals surface area contributed by atoms with Crippen molar-refractivity contribution < 1.29 is 14.3 Å². The van der Waals surface area contributed by atoms with Crippen LogP contribution in [0.15, 0.2) is 60.8 Å². The van der Waals surface area contributed by atoms with Gasteiger partial charge in [-0.05, 0) is 48.9 Å². The number of halogens is 1. The van der Waals surface area contributed by atoms with Crippen LogP contribution in [0, 0.1) is 5.82 Å². The molecule has 3 nitrogen and oxygen atoms in total. The van der Waals surface area contributed by atoms with E-state index in [1.807, 2.05) is 18.2 Å². The van der Waals surface area contributed by atoms with Gasteiger partial charge in [0.15, 0.2) is 5.78 Å². The number of benzene rings is 2. The molecule has 0 heterocycles. The van der Waals surface area contributed by atoms with Crippen LogP contribution < -0.4 is 5.32 Å². The van der Waals surface area contributed by atoms with E-state index in [9.17, 15) is 14.3 Å². The van der Waals surface area contributed by atoms with Crippen molar-refractivity contribution in [3.05, 3.63) is 77.8 Å². The zero-order chi connectivity index (χ0) is 15.2. The van der Waals surface area contributed by atoms with Crippen molar-refractivity contribution in [1.82, 2.24) is 0 Å². The zero-order valence-corrected chi connectivity index (χ0v) is 11.6. The Morgan fingerprint density at radius 3 is 2.62 bits per heavy atom. The molecular formula is C17H16FNO2. The van der Waals surface area contributed by atoms with E-state index >= 15 is 0 Å². The fourth-order valence-electron chi connectivity index (χ4n) is 1.81. The van der Waals surface area contributed by atoms with Crippen LogP contribution >= 0.6 is 0 Å². The van der Waals surface area contributed by atoms with Crippen molar-refractivity contribution in [2.24, 2.45) is 0 Å². The second-order valence-corrected chi connectivity index (χ2v) is 4.65. The van der Waals surface area contributed by atoms with E-state index in [2.05, 4.69) is 5.32 Å². The maximum Gasteiger partial charge on any atom is 0.187 e. The summed E-state index contributed by atoms with van der Waals surface area (Å²) in [5.74, 6) is -0.585. The molecule has 1 atom stereocenters. The zero-order valence-electron chi connectivity index (χ0n) is 11.6. The van der Waals surface area contributed by atoms with Crippen LogP contribution in [0.25, 0.3) is 0 Å². The maximum atomic E-state index is 12.8. The molecule has 0 aliphatic rings. The first-order valence-corrected chi connectivity index (χ1v) is 6.57. The lowest BCUT2D eigenvalue weighted by molar-refractivity contribution is 0.104. The fraction of sp³-hybridized carbons (Fsp3) is 0.118. The van der Waals surface area contributed by atoms with Crippen LogP contribution in [-0.2, 0) is 0 Å². The smallest absolute Gasteiger partial charge is 0.187 e. The molecule has 4 heteroatoms. The summed E-state index contributed by atoms with van der Waals surface area (Å²) < 4.78 is 12.8. The number of carbonyl (C=O) groups is 1. The number of ketones is 1. The highest BCUT2D eigenvalue weighted by Crippen LogP contribution is 2.17. The molecule has 2 aromatic carbocycles. The summed E-state index contributed by atoms with van der Waals surface area (Å²) in [6.45, 7) is 1.69.